The molecule has 7 heteroatoms. The number of carbonyl (C=O) groups excluding carboxylic acids is 2. The zero-order valence-corrected chi connectivity index (χ0v) is 16.1. The molecule has 2 aromatic rings. The van der Waals surface area contributed by atoms with Crippen LogP contribution in [0.5, 0.6) is 0 Å². The number of benzene rings is 2. The lowest BCUT2D eigenvalue weighted by atomic mass is 9.88. The van der Waals surface area contributed by atoms with E-state index in [2.05, 4.69) is 4.90 Å². The standard InChI is InChI=1S/C21H22ClFN2O3/c22-18-4-2-1-3-17(18)19(28-21(24)27)13-25-11-9-15(10-12-25)20(26)14-5-7-16(23)8-6-14/h1-8,15,19H,9-13H2,(H2,24,27). The maximum absolute atomic E-state index is 13.1. The molecule has 1 aliphatic rings. The number of nitrogens with two attached hydrogens (primary N) is 1. The highest BCUT2D eigenvalue weighted by molar-refractivity contribution is 6.31. The second-order valence-electron chi connectivity index (χ2n) is 6.89. The van der Waals surface area contributed by atoms with E-state index < -0.39 is 12.2 Å². The summed E-state index contributed by atoms with van der Waals surface area (Å²) < 4.78 is 18.3. The van der Waals surface area contributed by atoms with Gasteiger partial charge in [-0.15, -0.1) is 0 Å². The molecule has 1 atom stereocenters. The number of amides is 1. The minimum absolute atomic E-state index is 0.0377. The molecular formula is C21H22ClFN2O3. The number of primary amides is 1. The van der Waals surface area contributed by atoms with E-state index in [0.29, 0.717) is 48.6 Å². The largest absolute Gasteiger partial charge is 0.440 e. The van der Waals surface area contributed by atoms with Crippen molar-refractivity contribution in [3.05, 3.63) is 70.5 Å². The summed E-state index contributed by atoms with van der Waals surface area (Å²) in [5, 5.41) is 0.509. The fraction of sp³-hybridized carbons (Fsp3) is 0.333. The van der Waals surface area contributed by atoms with Gasteiger partial charge in [0.15, 0.2) is 5.78 Å². The predicted molar refractivity (Wildman–Crippen MR) is 105 cm³/mol. The Balaban J connectivity index is 1.61. The summed E-state index contributed by atoms with van der Waals surface area (Å²) >= 11 is 6.24. The van der Waals surface area contributed by atoms with Crippen molar-refractivity contribution in [3.8, 4) is 0 Å². The van der Waals surface area contributed by atoms with E-state index in [4.69, 9.17) is 22.1 Å². The smallest absolute Gasteiger partial charge is 0.405 e. The summed E-state index contributed by atoms with van der Waals surface area (Å²) in [4.78, 5) is 26.1. The van der Waals surface area contributed by atoms with E-state index in [1.807, 2.05) is 6.07 Å². The van der Waals surface area contributed by atoms with Crippen LogP contribution in [0.2, 0.25) is 5.02 Å². The lowest BCUT2D eigenvalue weighted by Crippen LogP contribution is -2.39. The van der Waals surface area contributed by atoms with Crippen molar-refractivity contribution in [2.45, 2.75) is 18.9 Å². The minimum atomic E-state index is -0.855. The lowest BCUT2D eigenvalue weighted by Gasteiger charge is -2.33. The van der Waals surface area contributed by atoms with Crippen LogP contribution < -0.4 is 5.73 Å². The molecule has 0 spiro atoms. The molecule has 5 nitrogen and oxygen atoms in total. The molecule has 1 aliphatic heterocycles. The van der Waals surface area contributed by atoms with Crippen LogP contribution in [0.3, 0.4) is 0 Å². The van der Waals surface area contributed by atoms with Crippen LogP contribution in [0.4, 0.5) is 9.18 Å². The van der Waals surface area contributed by atoms with Gasteiger partial charge in [0.1, 0.15) is 11.9 Å². The Hall–Kier alpha value is -2.44. The van der Waals surface area contributed by atoms with Gasteiger partial charge in [-0.3, -0.25) is 9.69 Å². The zero-order valence-electron chi connectivity index (χ0n) is 15.3. The number of hydrogen-bond donors (Lipinski definition) is 1. The van der Waals surface area contributed by atoms with Gasteiger partial charge >= 0.3 is 6.09 Å². The SMILES string of the molecule is NC(=O)OC(CN1CCC(C(=O)c2ccc(F)cc2)CC1)c1ccccc1Cl. The normalized spacial score (nSPS) is 16.5. The third-order valence-electron chi connectivity index (χ3n) is 5.02. The topological polar surface area (TPSA) is 72.6 Å². The fourth-order valence-corrected chi connectivity index (χ4v) is 3.80. The molecule has 0 bridgehead atoms. The molecule has 1 amide bonds. The second kappa shape index (κ2) is 9.17. The first-order chi connectivity index (χ1) is 13.4. The van der Waals surface area contributed by atoms with Crippen molar-refractivity contribution in [3.63, 3.8) is 0 Å². The Kier molecular flexibility index (Phi) is 6.65. The van der Waals surface area contributed by atoms with Crippen LogP contribution in [0, 0.1) is 11.7 Å². The number of hydrogen-bond acceptors (Lipinski definition) is 4. The summed E-state index contributed by atoms with van der Waals surface area (Å²) in [6.45, 7) is 1.81. The molecular weight excluding hydrogens is 383 g/mol. The molecule has 0 aliphatic carbocycles. The van der Waals surface area contributed by atoms with E-state index in [1.165, 1.54) is 24.3 Å². The molecule has 1 heterocycles. The third-order valence-corrected chi connectivity index (χ3v) is 5.37. The average Bonchev–Trinajstić information content (AvgIpc) is 2.68. The summed E-state index contributed by atoms with van der Waals surface area (Å²) in [5.74, 6) is -0.417. The maximum atomic E-state index is 13.1. The van der Waals surface area contributed by atoms with E-state index in [-0.39, 0.29) is 17.5 Å². The summed E-state index contributed by atoms with van der Waals surface area (Å²) in [5.41, 5.74) is 6.46. The lowest BCUT2D eigenvalue weighted by molar-refractivity contribution is 0.0598. The van der Waals surface area contributed by atoms with Crippen LogP contribution in [-0.4, -0.2) is 36.4 Å². The molecule has 28 heavy (non-hydrogen) atoms. The highest BCUT2D eigenvalue weighted by atomic mass is 35.5. The minimum Gasteiger partial charge on any atom is -0.440 e. The van der Waals surface area contributed by atoms with Crippen LogP contribution in [-0.2, 0) is 4.74 Å². The van der Waals surface area contributed by atoms with Crippen molar-refractivity contribution in [1.82, 2.24) is 4.90 Å². The van der Waals surface area contributed by atoms with Crippen molar-refractivity contribution in [1.29, 1.82) is 0 Å². The predicted octanol–water partition coefficient (Wildman–Crippen LogP) is 4.21. The third kappa shape index (κ3) is 5.09. The first kappa shape index (κ1) is 20.3. The Bertz CT molecular complexity index is 836. The van der Waals surface area contributed by atoms with Crippen LogP contribution >= 0.6 is 11.6 Å². The monoisotopic (exact) mass is 404 g/mol. The number of carbonyl (C=O) groups is 2. The second-order valence-corrected chi connectivity index (χ2v) is 7.30. The van der Waals surface area contributed by atoms with E-state index in [9.17, 15) is 14.0 Å². The Morgan fingerprint density at radius 2 is 1.79 bits per heavy atom. The van der Waals surface area contributed by atoms with Crippen LogP contribution in [0.15, 0.2) is 48.5 Å². The zero-order chi connectivity index (χ0) is 20.1. The van der Waals surface area contributed by atoms with Gasteiger partial charge < -0.3 is 10.5 Å². The van der Waals surface area contributed by atoms with E-state index >= 15 is 0 Å². The van der Waals surface area contributed by atoms with Gasteiger partial charge in [-0.05, 0) is 56.3 Å². The van der Waals surface area contributed by atoms with Gasteiger partial charge in [0.05, 0.1) is 0 Å². The molecule has 3 rings (SSSR count). The number of likely N-dealkylation sites (tertiary alicyclic amines) is 1. The number of ketones is 1. The maximum Gasteiger partial charge on any atom is 0.405 e. The summed E-state index contributed by atoms with van der Waals surface area (Å²) in [6, 6.07) is 12.8. The molecule has 0 saturated carbocycles. The van der Waals surface area contributed by atoms with Crippen molar-refractivity contribution in [2.24, 2.45) is 11.7 Å². The highest BCUT2D eigenvalue weighted by Gasteiger charge is 2.28. The Labute approximate surface area is 168 Å². The Morgan fingerprint density at radius 1 is 1.14 bits per heavy atom. The van der Waals surface area contributed by atoms with Gasteiger partial charge in [0.2, 0.25) is 0 Å². The average molecular weight is 405 g/mol. The molecule has 0 radical (unpaired) electrons. The van der Waals surface area contributed by atoms with Crippen molar-refractivity contribution >= 4 is 23.5 Å². The highest BCUT2D eigenvalue weighted by Crippen LogP contribution is 2.29. The van der Waals surface area contributed by atoms with Crippen LogP contribution in [0.1, 0.15) is 34.9 Å². The van der Waals surface area contributed by atoms with E-state index in [1.54, 1.807) is 18.2 Å². The van der Waals surface area contributed by atoms with Crippen molar-refractivity contribution in [2.75, 3.05) is 19.6 Å². The fourth-order valence-electron chi connectivity index (χ4n) is 3.54. The number of halogens is 2. The number of rotatable bonds is 6. The number of ether oxygens (including phenoxy) is 1. The molecule has 0 aromatic heterocycles. The first-order valence-electron chi connectivity index (χ1n) is 9.16. The molecule has 1 saturated heterocycles. The van der Waals surface area contributed by atoms with Crippen molar-refractivity contribution < 1.29 is 18.7 Å². The molecule has 1 unspecified atom stereocenters. The number of piperidine rings is 1. The first-order valence-corrected chi connectivity index (χ1v) is 9.54. The van der Waals surface area contributed by atoms with Gasteiger partial charge in [-0.2, -0.15) is 0 Å². The molecule has 2 N–H and O–H groups in total. The van der Waals surface area contributed by atoms with Crippen LogP contribution in [0.25, 0.3) is 0 Å². The molecule has 2 aromatic carbocycles. The number of nitrogens with zero attached hydrogens (tertiary/aromatic N) is 1. The van der Waals surface area contributed by atoms with E-state index in [0.717, 1.165) is 0 Å². The molecule has 1 fully saturated rings. The summed E-state index contributed by atoms with van der Waals surface area (Å²) in [7, 11) is 0. The van der Waals surface area contributed by atoms with Gasteiger partial charge in [-0.1, -0.05) is 29.8 Å². The molecule has 148 valence electrons. The number of Topliss-reactive ketones (excluding diaryl/α,β-unsaturated/α-hetero) is 1. The Morgan fingerprint density at radius 3 is 2.39 bits per heavy atom. The van der Waals surface area contributed by atoms with Gasteiger partial charge in [-0.25, -0.2) is 9.18 Å². The summed E-state index contributed by atoms with van der Waals surface area (Å²) in [6.07, 6.45) is -0.0637. The van der Waals surface area contributed by atoms with Gasteiger partial charge in [0.25, 0.3) is 0 Å². The quantitative estimate of drug-likeness (QED) is 0.732. The van der Waals surface area contributed by atoms with Gasteiger partial charge in [0, 0.05) is 28.6 Å².